The zero-order chi connectivity index (χ0) is 14.4. The van der Waals surface area contributed by atoms with E-state index in [1.165, 1.54) is 6.42 Å². The molecule has 2 atom stereocenters. The SMILES string of the molecule is CCCC(=O)NC1CCCN(C(=O)CC2CCCN2)C1. The maximum absolute atomic E-state index is 12.3. The van der Waals surface area contributed by atoms with Crippen LogP contribution in [0.25, 0.3) is 0 Å². The van der Waals surface area contributed by atoms with Crippen molar-refractivity contribution in [3.8, 4) is 0 Å². The third-order valence-electron chi connectivity index (χ3n) is 4.20. The molecule has 0 aromatic rings. The van der Waals surface area contributed by atoms with Crippen LogP contribution in [0.2, 0.25) is 0 Å². The number of nitrogens with zero attached hydrogens (tertiary/aromatic N) is 1. The fourth-order valence-corrected chi connectivity index (χ4v) is 3.12. The smallest absolute Gasteiger partial charge is 0.224 e. The highest BCUT2D eigenvalue weighted by Crippen LogP contribution is 2.15. The molecule has 0 aromatic carbocycles. The average Bonchev–Trinajstić information content (AvgIpc) is 2.92. The van der Waals surface area contributed by atoms with Crippen molar-refractivity contribution in [3.63, 3.8) is 0 Å². The molecule has 0 aliphatic carbocycles. The van der Waals surface area contributed by atoms with Crippen molar-refractivity contribution in [2.24, 2.45) is 0 Å². The lowest BCUT2D eigenvalue weighted by molar-refractivity contribution is -0.134. The van der Waals surface area contributed by atoms with Gasteiger partial charge in [-0.1, -0.05) is 6.92 Å². The van der Waals surface area contributed by atoms with E-state index in [0.717, 1.165) is 38.8 Å². The quantitative estimate of drug-likeness (QED) is 0.791. The highest BCUT2D eigenvalue weighted by molar-refractivity contribution is 5.78. The van der Waals surface area contributed by atoms with Crippen LogP contribution in [0.3, 0.4) is 0 Å². The molecule has 5 heteroatoms. The third kappa shape index (κ3) is 4.47. The Balaban J connectivity index is 1.76. The molecule has 2 unspecified atom stereocenters. The number of amides is 2. The lowest BCUT2D eigenvalue weighted by Crippen LogP contribution is -2.50. The van der Waals surface area contributed by atoms with Crippen LogP contribution < -0.4 is 10.6 Å². The predicted octanol–water partition coefficient (Wildman–Crippen LogP) is 1.04. The Bertz CT molecular complexity index is 340. The zero-order valence-corrected chi connectivity index (χ0v) is 12.5. The van der Waals surface area contributed by atoms with Crippen molar-refractivity contribution >= 4 is 11.8 Å². The highest BCUT2D eigenvalue weighted by atomic mass is 16.2. The second kappa shape index (κ2) is 7.62. The van der Waals surface area contributed by atoms with E-state index in [9.17, 15) is 9.59 Å². The first-order chi connectivity index (χ1) is 9.69. The van der Waals surface area contributed by atoms with Crippen molar-refractivity contribution in [2.45, 2.75) is 64.0 Å². The number of hydrogen-bond acceptors (Lipinski definition) is 3. The molecule has 2 amide bonds. The van der Waals surface area contributed by atoms with Crippen LogP contribution in [0.4, 0.5) is 0 Å². The zero-order valence-electron chi connectivity index (χ0n) is 12.5. The topological polar surface area (TPSA) is 61.4 Å². The number of hydrogen-bond donors (Lipinski definition) is 2. The predicted molar refractivity (Wildman–Crippen MR) is 78.3 cm³/mol. The molecular weight excluding hydrogens is 254 g/mol. The normalized spacial score (nSPS) is 26.6. The van der Waals surface area contributed by atoms with Gasteiger partial charge in [-0.3, -0.25) is 9.59 Å². The Kier molecular flexibility index (Phi) is 5.83. The van der Waals surface area contributed by atoms with Gasteiger partial charge in [0, 0.05) is 38.0 Å². The molecule has 5 nitrogen and oxygen atoms in total. The minimum atomic E-state index is 0.115. The van der Waals surface area contributed by atoms with E-state index in [-0.39, 0.29) is 17.9 Å². The van der Waals surface area contributed by atoms with Crippen molar-refractivity contribution < 1.29 is 9.59 Å². The molecule has 0 spiro atoms. The van der Waals surface area contributed by atoms with Crippen molar-refractivity contribution in [2.75, 3.05) is 19.6 Å². The molecule has 0 radical (unpaired) electrons. The minimum absolute atomic E-state index is 0.115. The van der Waals surface area contributed by atoms with Crippen LogP contribution in [0, 0.1) is 0 Å². The summed E-state index contributed by atoms with van der Waals surface area (Å²) in [5.74, 6) is 0.350. The van der Waals surface area contributed by atoms with Crippen molar-refractivity contribution in [3.05, 3.63) is 0 Å². The van der Waals surface area contributed by atoms with Crippen LogP contribution in [0.1, 0.15) is 51.9 Å². The van der Waals surface area contributed by atoms with Gasteiger partial charge in [-0.15, -0.1) is 0 Å². The second-order valence-corrected chi connectivity index (χ2v) is 5.99. The molecule has 2 aliphatic rings. The van der Waals surface area contributed by atoms with Gasteiger partial charge in [-0.25, -0.2) is 0 Å². The van der Waals surface area contributed by atoms with Gasteiger partial charge in [0.2, 0.25) is 11.8 Å². The molecule has 0 aromatic heterocycles. The molecule has 0 bridgehead atoms. The fourth-order valence-electron chi connectivity index (χ4n) is 3.12. The van der Waals surface area contributed by atoms with Gasteiger partial charge in [0.1, 0.15) is 0 Å². The Morgan fingerprint density at radius 3 is 2.85 bits per heavy atom. The summed E-state index contributed by atoms with van der Waals surface area (Å²) in [7, 11) is 0. The largest absolute Gasteiger partial charge is 0.352 e. The Hall–Kier alpha value is -1.10. The monoisotopic (exact) mass is 281 g/mol. The molecule has 2 saturated heterocycles. The molecular formula is C15H27N3O2. The maximum Gasteiger partial charge on any atom is 0.224 e. The average molecular weight is 281 g/mol. The first kappa shape index (κ1) is 15.3. The Labute approximate surface area is 121 Å². The minimum Gasteiger partial charge on any atom is -0.352 e. The van der Waals surface area contributed by atoms with Crippen LogP contribution in [0.15, 0.2) is 0 Å². The molecule has 114 valence electrons. The first-order valence-electron chi connectivity index (χ1n) is 7.99. The van der Waals surface area contributed by atoms with E-state index >= 15 is 0 Å². The van der Waals surface area contributed by atoms with Gasteiger partial charge in [0.05, 0.1) is 0 Å². The molecule has 2 N–H and O–H groups in total. The van der Waals surface area contributed by atoms with Crippen LogP contribution in [-0.4, -0.2) is 48.4 Å². The van der Waals surface area contributed by atoms with Crippen LogP contribution >= 0.6 is 0 Å². The number of piperidine rings is 1. The van der Waals surface area contributed by atoms with Crippen LogP contribution in [0.5, 0.6) is 0 Å². The molecule has 20 heavy (non-hydrogen) atoms. The molecule has 2 heterocycles. The Morgan fingerprint density at radius 1 is 1.30 bits per heavy atom. The summed E-state index contributed by atoms with van der Waals surface area (Å²) in [5, 5.41) is 6.42. The van der Waals surface area contributed by atoms with E-state index in [0.29, 0.717) is 25.4 Å². The maximum atomic E-state index is 12.3. The molecule has 2 aliphatic heterocycles. The van der Waals surface area contributed by atoms with Gasteiger partial charge >= 0.3 is 0 Å². The van der Waals surface area contributed by atoms with Gasteiger partial charge < -0.3 is 15.5 Å². The van der Waals surface area contributed by atoms with E-state index in [4.69, 9.17) is 0 Å². The first-order valence-corrected chi connectivity index (χ1v) is 7.99. The van der Waals surface area contributed by atoms with Crippen molar-refractivity contribution in [1.29, 1.82) is 0 Å². The Morgan fingerprint density at radius 2 is 2.15 bits per heavy atom. The van der Waals surface area contributed by atoms with Gasteiger partial charge in [0.25, 0.3) is 0 Å². The van der Waals surface area contributed by atoms with E-state index in [2.05, 4.69) is 10.6 Å². The third-order valence-corrected chi connectivity index (χ3v) is 4.20. The number of carbonyl (C=O) groups excluding carboxylic acids is 2. The summed E-state index contributed by atoms with van der Waals surface area (Å²) in [5.41, 5.74) is 0. The summed E-state index contributed by atoms with van der Waals surface area (Å²) < 4.78 is 0. The van der Waals surface area contributed by atoms with Gasteiger partial charge in [-0.2, -0.15) is 0 Å². The van der Waals surface area contributed by atoms with E-state index in [1.807, 2.05) is 11.8 Å². The van der Waals surface area contributed by atoms with Gasteiger partial charge in [0.15, 0.2) is 0 Å². The standard InChI is InChI=1S/C15H27N3O2/c1-2-5-14(19)17-13-7-4-9-18(11-13)15(20)10-12-6-3-8-16-12/h12-13,16H,2-11H2,1H3,(H,17,19). The number of carbonyl (C=O) groups is 2. The summed E-state index contributed by atoms with van der Waals surface area (Å²) in [6.07, 6.45) is 6.31. The van der Waals surface area contributed by atoms with Gasteiger partial charge in [-0.05, 0) is 38.6 Å². The summed E-state index contributed by atoms with van der Waals surface area (Å²) in [4.78, 5) is 25.9. The lowest BCUT2D eigenvalue weighted by atomic mass is 10.0. The molecule has 2 rings (SSSR count). The summed E-state index contributed by atoms with van der Waals surface area (Å²) in [6.45, 7) is 4.56. The molecule has 2 fully saturated rings. The van der Waals surface area contributed by atoms with E-state index < -0.39 is 0 Å². The summed E-state index contributed by atoms with van der Waals surface area (Å²) in [6, 6.07) is 0.501. The fraction of sp³-hybridized carbons (Fsp3) is 0.867. The molecule has 0 saturated carbocycles. The number of likely N-dealkylation sites (tertiary alicyclic amines) is 1. The van der Waals surface area contributed by atoms with E-state index in [1.54, 1.807) is 0 Å². The highest BCUT2D eigenvalue weighted by Gasteiger charge is 2.27. The number of rotatable bonds is 5. The summed E-state index contributed by atoms with van der Waals surface area (Å²) >= 11 is 0. The number of nitrogens with one attached hydrogen (secondary N) is 2. The lowest BCUT2D eigenvalue weighted by Gasteiger charge is -2.33. The second-order valence-electron chi connectivity index (χ2n) is 5.99. The van der Waals surface area contributed by atoms with Crippen molar-refractivity contribution in [1.82, 2.24) is 15.5 Å². The van der Waals surface area contributed by atoms with Crippen LogP contribution in [-0.2, 0) is 9.59 Å².